The quantitative estimate of drug-likeness (QED) is 0.713. The average Bonchev–Trinajstić information content (AvgIpc) is 2.39. The second kappa shape index (κ2) is 7.46. The van der Waals surface area contributed by atoms with Crippen LogP contribution in [0.3, 0.4) is 0 Å². The summed E-state index contributed by atoms with van der Waals surface area (Å²) < 4.78 is 18.7. The number of ether oxygens (including phenoxy) is 1. The summed E-state index contributed by atoms with van der Waals surface area (Å²) in [4.78, 5) is 0. The van der Waals surface area contributed by atoms with Crippen molar-refractivity contribution in [1.29, 1.82) is 0 Å². The minimum Gasteiger partial charge on any atom is -0.493 e. The summed E-state index contributed by atoms with van der Waals surface area (Å²) in [6, 6.07) is 4.54. The summed E-state index contributed by atoms with van der Waals surface area (Å²) >= 11 is 0. The van der Waals surface area contributed by atoms with Gasteiger partial charge in [-0.3, -0.25) is 0 Å². The highest BCUT2D eigenvalue weighted by Gasteiger charge is 2.21. The van der Waals surface area contributed by atoms with Gasteiger partial charge in [0.1, 0.15) is 11.6 Å². The molecule has 1 atom stereocenters. The van der Waals surface area contributed by atoms with Crippen molar-refractivity contribution >= 4 is 0 Å². The van der Waals surface area contributed by atoms with Crippen LogP contribution in [0.2, 0.25) is 0 Å². The molecule has 0 heterocycles. The van der Waals surface area contributed by atoms with E-state index in [4.69, 9.17) is 4.74 Å². The first-order valence-corrected chi connectivity index (χ1v) is 6.75. The highest BCUT2D eigenvalue weighted by molar-refractivity contribution is 5.32. The molecular weight excluding hydrogens is 245 g/mol. The zero-order valence-corrected chi connectivity index (χ0v) is 12.0. The maximum absolute atomic E-state index is 13.1. The zero-order chi connectivity index (χ0) is 14.3. The second-order valence-corrected chi connectivity index (χ2v) is 5.11. The molecule has 0 spiro atoms. The Bertz CT molecular complexity index is 398. The molecule has 1 rings (SSSR count). The van der Waals surface area contributed by atoms with Gasteiger partial charge in [-0.15, -0.1) is 0 Å². The third-order valence-corrected chi connectivity index (χ3v) is 3.23. The predicted molar refractivity (Wildman–Crippen MR) is 75.0 cm³/mol. The number of hydrogen-bond donors (Lipinski definition) is 2. The van der Waals surface area contributed by atoms with Gasteiger partial charge in [-0.05, 0) is 44.9 Å². The van der Waals surface area contributed by atoms with E-state index in [2.05, 4.69) is 5.32 Å². The SMILES string of the molecule is CCNC(C)(CO)CCCOc1cc(F)ccc1C. The Hall–Kier alpha value is -1.13. The van der Waals surface area contributed by atoms with Crippen LogP contribution in [0.25, 0.3) is 0 Å². The van der Waals surface area contributed by atoms with E-state index in [0.717, 1.165) is 24.9 Å². The largest absolute Gasteiger partial charge is 0.493 e. The molecule has 0 aromatic heterocycles. The summed E-state index contributed by atoms with van der Waals surface area (Å²) in [7, 11) is 0. The molecule has 3 nitrogen and oxygen atoms in total. The molecule has 108 valence electrons. The lowest BCUT2D eigenvalue weighted by molar-refractivity contribution is 0.157. The molecule has 19 heavy (non-hydrogen) atoms. The van der Waals surface area contributed by atoms with Gasteiger partial charge in [0.2, 0.25) is 0 Å². The standard InChI is InChI=1S/C15H24FNO2/c1-4-17-15(3,11-18)8-5-9-19-14-10-13(16)7-6-12(14)2/h6-7,10,17-18H,4-5,8-9,11H2,1-3H3. The molecule has 0 aliphatic heterocycles. The van der Waals surface area contributed by atoms with Gasteiger partial charge in [-0.1, -0.05) is 13.0 Å². The van der Waals surface area contributed by atoms with Crippen molar-refractivity contribution in [2.45, 2.75) is 39.2 Å². The summed E-state index contributed by atoms with van der Waals surface area (Å²) in [5.74, 6) is 0.308. The van der Waals surface area contributed by atoms with Gasteiger partial charge in [0.25, 0.3) is 0 Å². The van der Waals surface area contributed by atoms with Gasteiger partial charge in [-0.25, -0.2) is 4.39 Å². The summed E-state index contributed by atoms with van der Waals surface area (Å²) in [5.41, 5.74) is 0.660. The first kappa shape index (κ1) is 15.9. The van der Waals surface area contributed by atoms with Crippen LogP contribution in [-0.4, -0.2) is 30.4 Å². The average molecular weight is 269 g/mol. The lowest BCUT2D eigenvalue weighted by Crippen LogP contribution is -2.45. The van der Waals surface area contributed by atoms with Crippen LogP contribution in [0.5, 0.6) is 5.75 Å². The van der Waals surface area contributed by atoms with Crippen molar-refractivity contribution in [3.63, 3.8) is 0 Å². The monoisotopic (exact) mass is 269 g/mol. The van der Waals surface area contributed by atoms with Crippen molar-refractivity contribution in [1.82, 2.24) is 5.32 Å². The third kappa shape index (κ3) is 5.17. The molecule has 0 fully saturated rings. The Morgan fingerprint density at radius 3 is 2.79 bits per heavy atom. The molecule has 0 bridgehead atoms. The highest BCUT2D eigenvalue weighted by Crippen LogP contribution is 2.19. The maximum atomic E-state index is 13.1. The third-order valence-electron chi connectivity index (χ3n) is 3.23. The van der Waals surface area contributed by atoms with Gasteiger partial charge in [0.05, 0.1) is 13.2 Å². The molecule has 1 unspecified atom stereocenters. The Balaban J connectivity index is 2.40. The lowest BCUT2D eigenvalue weighted by atomic mass is 9.97. The number of aliphatic hydroxyl groups is 1. The van der Waals surface area contributed by atoms with Crippen LogP contribution in [-0.2, 0) is 0 Å². The van der Waals surface area contributed by atoms with Gasteiger partial charge < -0.3 is 15.2 Å². The number of nitrogens with one attached hydrogen (secondary N) is 1. The number of hydrogen-bond acceptors (Lipinski definition) is 3. The molecular formula is C15H24FNO2. The van der Waals surface area contributed by atoms with Crippen LogP contribution in [0.15, 0.2) is 18.2 Å². The number of aryl methyl sites for hydroxylation is 1. The van der Waals surface area contributed by atoms with E-state index in [1.165, 1.54) is 12.1 Å². The molecule has 0 aliphatic rings. The van der Waals surface area contributed by atoms with Crippen LogP contribution in [0, 0.1) is 12.7 Å². The van der Waals surface area contributed by atoms with Crippen molar-refractivity contribution in [2.75, 3.05) is 19.8 Å². The van der Waals surface area contributed by atoms with Crippen molar-refractivity contribution in [3.05, 3.63) is 29.6 Å². The number of aliphatic hydroxyl groups excluding tert-OH is 1. The molecule has 4 heteroatoms. The molecule has 0 saturated carbocycles. The summed E-state index contributed by atoms with van der Waals surface area (Å²) in [6.45, 7) is 7.34. The predicted octanol–water partition coefficient (Wildman–Crippen LogP) is 2.65. The first-order valence-electron chi connectivity index (χ1n) is 6.75. The van der Waals surface area contributed by atoms with E-state index in [1.54, 1.807) is 6.07 Å². The van der Waals surface area contributed by atoms with E-state index in [0.29, 0.717) is 12.4 Å². The summed E-state index contributed by atoms with van der Waals surface area (Å²) in [6.07, 6.45) is 1.62. The second-order valence-electron chi connectivity index (χ2n) is 5.11. The number of halogens is 1. The number of benzene rings is 1. The first-order chi connectivity index (χ1) is 9.00. The maximum Gasteiger partial charge on any atom is 0.126 e. The normalized spacial score (nSPS) is 14.2. The molecule has 1 aromatic rings. The Kier molecular flexibility index (Phi) is 6.25. The molecule has 0 radical (unpaired) electrons. The van der Waals surface area contributed by atoms with Gasteiger partial charge in [0, 0.05) is 11.6 Å². The van der Waals surface area contributed by atoms with Gasteiger partial charge >= 0.3 is 0 Å². The fourth-order valence-corrected chi connectivity index (χ4v) is 2.02. The fourth-order valence-electron chi connectivity index (χ4n) is 2.02. The van der Waals surface area contributed by atoms with Gasteiger partial charge in [-0.2, -0.15) is 0 Å². The van der Waals surface area contributed by atoms with E-state index in [-0.39, 0.29) is 18.0 Å². The van der Waals surface area contributed by atoms with Crippen LogP contribution < -0.4 is 10.1 Å². The van der Waals surface area contributed by atoms with Crippen molar-refractivity contribution in [3.8, 4) is 5.75 Å². The Labute approximate surface area is 114 Å². The smallest absolute Gasteiger partial charge is 0.126 e. The molecule has 0 amide bonds. The van der Waals surface area contributed by atoms with Crippen molar-refractivity contribution in [2.24, 2.45) is 0 Å². The Morgan fingerprint density at radius 1 is 1.42 bits per heavy atom. The molecule has 1 aromatic carbocycles. The fraction of sp³-hybridized carbons (Fsp3) is 0.600. The van der Waals surface area contributed by atoms with E-state index in [9.17, 15) is 9.50 Å². The summed E-state index contributed by atoms with van der Waals surface area (Å²) in [5, 5.41) is 12.6. The minimum atomic E-state index is -0.284. The minimum absolute atomic E-state index is 0.0971. The van der Waals surface area contributed by atoms with Crippen LogP contribution >= 0.6 is 0 Å². The van der Waals surface area contributed by atoms with Crippen LogP contribution in [0.1, 0.15) is 32.3 Å². The lowest BCUT2D eigenvalue weighted by Gasteiger charge is -2.28. The van der Waals surface area contributed by atoms with Crippen molar-refractivity contribution < 1.29 is 14.2 Å². The van der Waals surface area contributed by atoms with E-state index < -0.39 is 0 Å². The van der Waals surface area contributed by atoms with E-state index >= 15 is 0 Å². The topological polar surface area (TPSA) is 41.5 Å². The van der Waals surface area contributed by atoms with Gasteiger partial charge in [0.15, 0.2) is 0 Å². The molecule has 0 saturated heterocycles. The molecule has 2 N–H and O–H groups in total. The zero-order valence-electron chi connectivity index (χ0n) is 12.0. The Morgan fingerprint density at radius 2 is 2.16 bits per heavy atom. The van der Waals surface area contributed by atoms with E-state index in [1.807, 2.05) is 20.8 Å². The number of likely N-dealkylation sites (N-methyl/N-ethyl adjacent to an activating group) is 1. The van der Waals surface area contributed by atoms with Crippen LogP contribution in [0.4, 0.5) is 4.39 Å². The molecule has 0 aliphatic carbocycles. The number of rotatable bonds is 8. The highest BCUT2D eigenvalue weighted by atomic mass is 19.1.